The fraction of sp³-hybridized carbons (Fsp3) is 0.417. The van der Waals surface area contributed by atoms with Crippen molar-refractivity contribution in [3.05, 3.63) is 35.4 Å². The summed E-state index contributed by atoms with van der Waals surface area (Å²) in [6.45, 7) is 0. The highest BCUT2D eigenvalue weighted by Crippen LogP contribution is 2.24. The van der Waals surface area contributed by atoms with E-state index >= 15 is 0 Å². The Morgan fingerprint density at radius 2 is 2.33 bits per heavy atom. The number of aromatic nitrogens is 2. The van der Waals surface area contributed by atoms with Gasteiger partial charge in [0.2, 0.25) is 0 Å². The molecule has 1 aliphatic rings. The summed E-state index contributed by atoms with van der Waals surface area (Å²) in [4.78, 5) is 4.31. The molecule has 0 N–H and O–H groups in total. The summed E-state index contributed by atoms with van der Waals surface area (Å²) in [5, 5.41) is 0.376. The van der Waals surface area contributed by atoms with Crippen molar-refractivity contribution < 1.29 is 8.42 Å². The van der Waals surface area contributed by atoms with Gasteiger partial charge in [0.15, 0.2) is 9.84 Å². The maximum absolute atomic E-state index is 11.8. The minimum absolute atomic E-state index is 0.279. The predicted octanol–water partition coefficient (Wildman–Crippen LogP) is 2.11. The number of hydrogen-bond donors (Lipinski definition) is 0. The summed E-state index contributed by atoms with van der Waals surface area (Å²) in [5.41, 5.74) is 0.896. The van der Waals surface area contributed by atoms with Crippen LogP contribution in [0.15, 0.2) is 24.5 Å². The van der Waals surface area contributed by atoms with Gasteiger partial charge in [0.25, 0.3) is 0 Å². The van der Waals surface area contributed by atoms with E-state index in [1.165, 1.54) is 0 Å². The topological polar surface area (TPSA) is 51.4 Å². The fourth-order valence-corrected chi connectivity index (χ4v) is 4.47. The van der Waals surface area contributed by atoms with Crippen LogP contribution in [0.1, 0.15) is 18.7 Å². The van der Waals surface area contributed by atoms with E-state index in [9.17, 15) is 8.42 Å². The molecule has 0 amide bonds. The zero-order valence-electron chi connectivity index (χ0n) is 9.71. The van der Waals surface area contributed by atoms with Crippen LogP contribution in [-0.2, 0) is 16.3 Å². The molecular weight excluding hydrogens is 272 g/mol. The first-order chi connectivity index (χ1) is 8.56. The Morgan fingerprint density at radius 3 is 3.06 bits per heavy atom. The highest BCUT2D eigenvalue weighted by atomic mass is 35.5. The molecule has 0 saturated carbocycles. The summed E-state index contributed by atoms with van der Waals surface area (Å²) in [5.74, 6) is 1.10. The SMILES string of the molecule is O=S1(=O)CCCC1Cc1ncc2cc(Cl)ccn12. The maximum Gasteiger partial charge on any atom is 0.153 e. The lowest BCUT2D eigenvalue weighted by Crippen LogP contribution is -2.19. The number of fused-ring (bicyclic) bond motifs is 1. The Hall–Kier alpha value is -1.07. The molecular formula is C12H13ClN2O2S. The van der Waals surface area contributed by atoms with Crippen molar-refractivity contribution in [2.24, 2.45) is 0 Å². The lowest BCUT2D eigenvalue weighted by Gasteiger charge is -2.08. The lowest BCUT2D eigenvalue weighted by atomic mass is 10.2. The number of halogens is 1. The number of pyridine rings is 1. The van der Waals surface area contributed by atoms with Gasteiger partial charge in [0, 0.05) is 17.6 Å². The third-order valence-electron chi connectivity index (χ3n) is 3.44. The van der Waals surface area contributed by atoms with Crippen molar-refractivity contribution in [1.29, 1.82) is 0 Å². The minimum Gasteiger partial charge on any atom is -0.304 e. The molecule has 3 rings (SSSR count). The quantitative estimate of drug-likeness (QED) is 0.849. The van der Waals surface area contributed by atoms with Crippen LogP contribution in [-0.4, -0.2) is 28.8 Å². The molecule has 1 unspecified atom stereocenters. The second-order valence-electron chi connectivity index (χ2n) is 4.65. The van der Waals surface area contributed by atoms with E-state index in [2.05, 4.69) is 4.98 Å². The van der Waals surface area contributed by atoms with Crippen molar-refractivity contribution >= 4 is 27.0 Å². The molecule has 3 heterocycles. The van der Waals surface area contributed by atoms with Gasteiger partial charge in [-0.1, -0.05) is 11.6 Å². The lowest BCUT2D eigenvalue weighted by molar-refractivity contribution is 0.586. The smallest absolute Gasteiger partial charge is 0.153 e. The molecule has 2 aromatic heterocycles. The molecule has 6 heteroatoms. The van der Waals surface area contributed by atoms with Crippen LogP contribution < -0.4 is 0 Å². The molecule has 18 heavy (non-hydrogen) atoms. The highest BCUT2D eigenvalue weighted by Gasteiger charge is 2.32. The predicted molar refractivity (Wildman–Crippen MR) is 70.7 cm³/mol. The van der Waals surface area contributed by atoms with Gasteiger partial charge < -0.3 is 4.40 Å². The molecule has 0 bridgehead atoms. The molecule has 96 valence electrons. The minimum atomic E-state index is -2.92. The van der Waals surface area contributed by atoms with E-state index < -0.39 is 9.84 Å². The maximum atomic E-state index is 11.8. The van der Waals surface area contributed by atoms with Gasteiger partial charge in [-0.2, -0.15) is 0 Å². The molecule has 0 radical (unpaired) electrons. The standard InChI is InChI=1S/C12H13ClN2O2S/c13-9-3-4-15-10(6-9)8-14-12(15)7-11-2-1-5-18(11,16)17/h3-4,6,8,11H,1-2,5,7H2. The van der Waals surface area contributed by atoms with E-state index in [-0.39, 0.29) is 5.25 Å². The molecule has 1 saturated heterocycles. The van der Waals surface area contributed by atoms with Crippen LogP contribution >= 0.6 is 11.6 Å². The molecule has 1 fully saturated rings. The first-order valence-corrected chi connectivity index (χ1v) is 7.99. The summed E-state index contributed by atoms with van der Waals surface area (Å²) in [7, 11) is -2.92. The number of rotatable bonds is 2. The van der Waals surface area contributed by atoms with Gasteiger partial charge in [-0.15, -0.1) is 0 Å². The first kappa shape index (κ1) is 12.0. The van der Waals surface area contributed by atoms with Gasteiger partial charge in [-0.05, 0) is 25.0 Å². The number of nitrogens with zero attached hydrogens (tertiary/aromatic N) is 2. The number of imidazole rings is 1. The van der Waals surface area contributed by atoms with Gasteiger partial charge in [-0.25, -0.2) is 13.4 Å². The number of hydrogen-bond acceptors (Lipinski definition) is 3. The Bertz CT molecular complexity index is 693. The second-order valence-corrected chi connectivity index (χ2v) is 7.49. The van der Waals surface area contributed by atoms with E-state index in [1.54, 1.807) is 12.3 Å². The van der Waals surface area contributed by atoms with Gasteiger partial charge in [0.1, 0.15) is 5.82 Å². The van der Waals surface area contributed by atoms with Crippen LogP contribution in [0.2, 0.25) is 5.02 Å². The average Bonchev–Trinajstić information content (AvgIpc) is 2.84. The summed E-state index contributed by atoms with van der Waals surface area (Å²) < 4.78 is 25.5. The Labute approximate surface area is 111 Å². The molecule has 0 aromatic carbocycles. The largest absolute Gasteiger partial charge is 0.304 e. The van der Waals surface area contributed by atoms with Crippen LogP contribution in [0.5, 0.6) is 0 Å². The molecule has 1 aliphatic heterocycles. The van der Waals surface area contributed by atoms with E-state index in [1.807, 2.05) is 16.7 Å². The zero-order chi connectivity index (χ0) is 12.8. The van der Waals surface area contributed by atoms with Crippen molar-refractivity contribution in [3.63, 3.8) is 0 Å². The third kappa shape index (κ3) is 2.01. The van der Waals surface area contributed by atoms with Crippen molar-refractivity contribution in [1.82, 2.24) is 9.38 Å². The van der Waals surface area contributed by atoms with Crippen molar-refractivity contribution in [2.45, 2.75) is 24.5 Å². The first-order valence-electron chi connectivity index (χ1n) is 5.89. The van der Waals surface area contributed by atoms with Crippen LogP contribution in [0.3, 0.4) is 0 Å². The van der Waals surface area contributed by atoms with E-state index in [4.69, 9.17) is 11.6 Å². The van der Waals surface area contributed by atoms with Crippen molar-refractivity contribution in [3.8, 4) is 0 Å². The normalized spacial score (nSPS) is 22.6. The molecule has 4 nitrogen and oxygen atoms in total. The van der Waals surface area contributed by atoms with Crippen LogP contribution in [0, 0.1) is 0 Å². The third-order valence-corrected chi connectivity index (χ3v) is 5.95. The van der Waals surface area contributed by atoms with Gasteiger partial charge in [-0.3, -0.25) is 0 Å². The fourth-order valence-electron chi connectivity index (χ4n) is 2.47. The Kier molecular flexibility index (Phi) is 2.83. The van der Waals surface area contributed by atoms with E-state index in [0.717, 1.165) is 24.2 Å². The van der Waals surface area contributed by atoms with Crippen LogP contribution in [0.4, 0.5) is 0 Å². The molecule has 0 spiro atoms. The van der Waals surface area contributed by atoms with Gasteiger partial charge >= 0.3 is 0 Å². The summed E-state index contributed by atoms with van der Waals surface area (Å²) in [6.07, 6.45) is 5.55. The molecule has 2 aromatic rings. The highest BCUT2D eigenvalue weighted by molar-refractivity contribution is 7.92. The van der Waals surface area contributed by atoms with Crippen LogP contribution in [0.25, 0.3) is 5.52 Å². The monoisotopic (exact) mass is 284 g/mol. The zero-order valence-corrected chi connectivity index (χ0v) is 11.3. The van der Waals surface area contributed by atoms with Crippen molar-refractivity contribution in [2.75, 3.05) is 5.75 Å². The Morgan fingerprint density at radius 1 is 1.50 bits per heavy atom. The summed E-state index contributed by atoms with van der Waals surface area (Å²) >= 11 is 5.91. The van der Waals surface area contributed by atoms with E-state index in [0.29, 0.717) is 17.2 Å². The average molecular weight is 285 g/mol. The molecule has 0 aliphatic carbocycles. The van der Waals surface area contributed by atoms with Gasteiger partial charge in [0.05, 0.1) is 22.7 Å². The number of sulfone groups is 1. The second kappa shape index (κ2) is 4.24. The summed E-state index contributed by atoms with van der Waals surface area (Å²) in [6, 6.07) is 3.60. The molecule has 1 atom stereocenters. The Balaban J connectivity index is 1.96.